The lowest BCUT2D eigenvalue weighted by Crippen LogP contribution is -2.36. The van der Waals surface area contributed by atoms with Crippen molar-refractivity contribution < 1.29 is 9.05 Å². The molecule has 28 heavy (non-hydrogen) atoms. The van der Waals surface area contributed by atoms with Crippen LogP contribution >= 0.6 is 24.0 Å². The van der Waals surface area contributed by atoms with E-state index in [1.807, 2.05) is 33.8 Å². The third-order valence-electron chi connectivity index (χ3n) is 4.24. The molecule has 0 bridgehead atoms. The molecule has 2 heterocycles. The summed E-state index contributed by atoms with van der Waals surface area (Å²) in [7, 11) is 0. The smallest absolute Gasteiger partial charge is 0.232 e. The van der Waals surface area contributed by atoms with Gasteiger partial charge in [-0.15, -0.1) is 24.0 Å². The Morgan fingerprint density at radius 3 is 2.39 bits per heavy atom. The molecule has 2 aromatic rings. The maximum Gasteiger partial charge on any atom is 0.232 e. The van der Waals surface area contributed by atoms with Crippen LogP contribution in [-0.4, -0.2) is 27.8 Å². The number of aliphatic imine (C=N–C) groups is 1. The first-order chi connectivity index (χ1) is 12.9. The summed E-state index contributed by atoms with van der Waals surface area (Å²) in [5, 5.41) is 14.6. The van der Waals surface area contributed by atoms with Gasteiger partial charge in [0.1, 0.15) is 6.54 Å². The van der Waals surface area contributed by atoms with E-state index in [0.29, 0.717) is 36.7 Å². The highest BCUT2D eigenvalue weighted by molar-refractivity contribution is 14.0. The Morgan fingerprint density at radius 1 is 1.11 bits per heavy atom. The van der Waals surface area contributed by atoms with Gasteiger partial charge in [-0.2, -0.15) is 4.98 Å². The first-order valence-corrected chi connectivity index (χ1v) is 9.68. The van der Waals surface area contributed by atoms with E-state index < -0.39 is 0 Å². The van der Waals surface area contributed by atoms with E-state index in [2.05, 4.69) is 44.8 Å². The molecule has 2 N–H and O–H groups in total. The van der Waals surface area contributed by atoms with E-state index in [9.17, 15) is 0 Å². The lowest BCUT2D eigenvalue weighted by molar-refractivity contribution is 0.318. The van der Waals surface area contributed by atoms with Gasteiger partial charge in [-0.05, 0) is 19.8 Å². The van der Waals surface area contributed by atoms with Crippen LogP contribution in [0.4, 0.5) is 0 Å². The second kappa shape index (κ2) is 11.4. The van der Waals surface area contributed by atoms with Crippen LogP contribution in [-0.2, 0) is 18.5 Å². The molecule has 8 nitrogen and oxygen atoms in total. The van der Waals surface area contributed by atoms with Crippen LogP contribution in [0, 0.1) is 0 Å². The van der Waals surface area contributed by atoms with Crippen LogP contribution in [0.1, 0.15) is 83.5 Å². The van der Waals surface area contributed by atoms with Gasteiger partial charge < -0.3 is 19.7 Å². The third kappa shape index (κ3) is 7.06. The molecular weight excluding hydrogens is 471 g/mol. The first-order valence-electron chi connectivity index (χ1n) is 9.68. The average Bonchev–Trinajstić information content (AvgIpc) is 3.28. The van der Waals surface area contributed by atoms with Crippen molar-refractivity contribution in [3.05, 3.63) is 29.2 Å². The molecular formula is C19H33IN6O2. The number of aromatic nitrogens is 3. The van der Waals surface area contributed by atoms with E-state index in [0.717, 1.165) is 30.8 Å². The number of rotatable bonds is 8. The van der Waals surface area contributed by atoms with Crippen LogP contribution in [0.2, 0.25) is 0 Å². The summed E-state index contributed by atoms with van der Waals surface area (Å²) in [5.41, 5.74) is 0.844. The second-order valence-electron chi connectivity index (χ2n) is 7.55. The SMILES string of the molecule is CCNC(=NCc1noc(C(C)(C)C)n1)NCc1cc(C(CC)CC)no1.I. The molecule has 0 aliphatic heterocycles. The standard InChI is InChI=1S/C19H32N6O2.HI/c1-7-13(8-2)15-10-14(26-24-15)11-21-18(20-9-3)22-12-16-23-17(27-25-16)19(4,5)6;/h10,13H,7-9,11-12H2,1-6H3,(H2,20,21,22);1H. The Hall–Kier alpha value is -1.65. The zero-order valence-corrected chi connectivity index (χ0v) is 20.0. The molecule has 158 valence electrons. The van der Waals surface area contributed by atoms with Crippen molar-refractivity contribution in [2.75, 3.05) is 6.54 Å². The van der Waals surface area contributed by atoms with Crippen molar-refractivity contribution in [3.63, 3.8) is 0 Å². The second-order valence-corrected chi connectivity index (χ2v) is 7.55. The Bertz CT molecular complexity index is 731. The predicted octanol–water partition coefficient (Wildman–Crippen LogP) is 4.13. The van der Waals surface area contributed by atoms with Gasteiger partial charge in [0.15, 0.2) is 17.5 Å². The molecule has 0 aromatic carbocycles. The summed E-state index contributed by atoms with van der Waals surface area (Å²) in [6.07, 6.45) is 2.11. The van der Waals surface area contributed by atoms with Crippen LogP contribution in [0.3, 0.4) is 0 Å². The van der Waals surface area contributed by atoms with Gasteiger partial charge in [-0.25, -0.2) is 4.99 Å². The van der Waals surface area contributed by atoms with E-state index in [1.54, 1.807) is 0 Å². The minimum Gasteiger partial charge on any atom is -0.359 e. The Labute approximate surface area is 184 Å². The number of nitrogens with zero attached hydrogens (tertiary/aromatic N) is 4. The number of nitrogens with one attached hydrogen (secondary N) is 2. The van der Waals surface area contributed by atoms with Gasteiger partial charge in [0.05, 0.1) is 12.2 Å². The van der Waals surface area contributed by atoms with E-state index in [-0.39, 0.29) is 29.4 Å². The van der Waals surface area contributed by atoms with Crippen molar-refractivity contribution in [2.45, 2.75) is 78.8 Å². The summed E-state index contributed by atoms with van der Waals surface area (Å²) in [5.74, 6) is 3.07. The lowest BCUT2D eigenvalue weighted by Gasteiger charge is -2.10. The first kappa shape index (κ1) is 24.4. The summed E-state index contributed by atoms with van der Waals surface area (Å²) in [6.45, 7) is 14.1. The quantitative estimate of drug-likeness (QED) is 0.317. The topological polar surface area (TPSA) is 101 Å². The van der Waals surface area contributed by atoms with Crippen LogP contribution < -0.4 is 10.6 Å². The summed E-state index contributed by atoms with van der Waals surface area (Å²) >= 11 is 0. The number of guanidine groups is 1. The van der Waals surface area contributed by atoms with Gasteiger partial charge in [-0.3, -0.25) is 0 Å². The molecule has 0 spiro atoms. The van der Waals surface area contributed by atoms with Crippen LogP contribution in [0.5, 0.6) is 0 Å². The summed E-state index contributed by atoms with van der Waals surface area (Å²) < 4.78 is 10.7. The van der Waals surface area contributed by atoms with Crippen molar-refractivity contribution in [2.24, 2.45) is 4.99 Å². The molecule has 0 fully saturated rings. The fraction of sp³-hybridized carbons (Fsp3) is 0.684. The zero-order valence-electron chi connectivity index (χ0n) is 17.7. The van der Waals surface area contributed by atoms with Crippen LogP contribution in [0.15, 0.2) is 20.1 Å². The largest absolute Gasteiger partial charge is 0.359 e. The van der Waals surface area contributed by atoms with Crippen LogP contribution in [0.25, 0.3) is 0 Å². The highest BCUT2D eigenvalue weighted by atomic mass is 127. The lowest BCUT2D eigenvalue weighted by atomic mass is 9.97. The van der Waals surface area contributed by atoms with Gasteiger partial charge in [0.25, 0.3) is 0 Å². The number of halogens is 1. The molecule has 9 heteroatoms. The average molecular weight is 504 g/mol. The number of hydrogen-bond donors (Lipinski definition) is 2. The molecule has 2 aromatic heterocycles. The predicted molar refractivity (Wildman–Crippen MR) is 120 cm³/mol. The molecule has 0 radical (unpaired) electrons. The van der Waals surface area contributed by atoms with Gasteiger partial charge in [0.2, 0.25) is 5.89 Å². The highest BCUT2D eigenvalue weighted by Gasteiger charge is 2.21. The molecule has 0 saturated heterocycles. The Morgan fingerprint density at radius 2 is 1.82 bits per heavy atom. The maximum atomic E-state index is 5.45. The Kier molecular flexibility index (Phi) is 9.91. The molecule has 0 aliphatic rings. The molecule has 0 unspecified atom stereocenters. The Balaban J connectivity index is 0.00000392. The van der Waals surface area contributed by atoms with Gasteiger partial charge in [0, 0.05) is 23.9 Å². The van der Waals surface area contributed by atoms with Gasteiger partial charge in [-0.1, -0.05) is 44.9 Å². The molecule has 2 rings (SSSR count). The van der Waals surface area contributed by atoms with E-state index in [4.69, 9.17) is 9.05 Å². The summed E-state index contributed by atoms with van der Waals surface area (Å²) in [4.78, 5) is 8.92. The minimum atomic E-state index is -0.170. The minimum absolute atomic E-state index is 0. The normalized spacial score (nSPS) is 12.2. The van der Waals surface area contributed by atoms with Gasteiger partial charge >= 0.3 is 0 Å². The maximum absolute atomic E-state index is 5.45. The molecule has 0 aliphatic carbocycles. The van der Waals surface area contributed by atoms with E-state index >= 15 is 0 Å². The van der Waals surface area contributed by atoms with Crippen molar-refractivity contribution >= 4 is 29.9 Å². The molecule has 0 saturated carbocycles. The molecule has 0 amide bonds. The fourth-order valence-electron chi connectivity index (χ4n) is 2.60. The van der Waals surface area contributed by atoms with Crippen molar-refractivity contribution in [1.29, 1.82) is 0 Å². The van der Waals surface area contributed by atoms with Crippen molar-refractivity contribution in [1.82, 2.24) is 25.9 Å². The zero-order chi connectivity index (χ0) is 19.9. The fourth-order valence-corrected chi connectivity index (χ4v) is 2.60. The number of hydrogen-bond acceptors (Lipinski definition) is 6. The molecule has 0 atom stereocenters. The van der Waals surface area contributed by atoms with Crippen molar-refractivity contribution in [3.8, 4) is 0 Å². The highest BCUT2D eigenvalue weighted by Crippen LogP contribution is 2.22. The summed E-state index contributed by atoms with van der Waals surface area (Å²) in [6, 6.07) is 2.02. The third-order valence-corrected chi connectivity index (χ3v) is 4.24. The van der Waals surface area contributed by atoms with E-state index in [1.165, 1.54) is 0 Å². The monoisotopic (exact) mass is 504 g/mol.